The van der Waals surface area contributed by atoms with E-state index in [1.165, 1.54) is 0 Å². The largest absolute Gasteiger partial charge is 0.395 e. The van der Waals surface area contributed by atoms with E-state index in [1.807, 2.05) is 25.1 Å². The van der Waals surface area contributed by atoms with Gasteiger partial charge in [0, 0.05) is 24.3 Å². The van der Waals surface area contributed by atoms with Gasteiger partial charge < -0.3 is 15.2 Å². The van der Waals surface area contributed by atoms with E-state index in [0.717, 1.165) is 36.3 Å². The molecule has 1 aliphatic rings. The summed E-state index contributed by atoms with van der Waals surface area (Å²) >= 11 is 0. The fraction of sp³-hybridized carbons (Fsp3) is 0.471. The second kappa shape index (κ2) is 7.82. The predicted molar refractivity (Wildman–Crippen MR) is 82.0 cm³/mol. The van der Waals surface area contributed by atoms with Crippen LogP contribution >= 0.6 is 0 Å². The van der Waals surface area contributed by atoms with Crippen molar-refractivity contribution in [2.24, 2.45) is 0 Å². The number of hydrogen-bond donors (Lipinski definition) is 2. The number of aryl methyl sites for hydroxylation is 1. The van der Waals surface area contributed by atoms with Crippen LogP contribution in [0.5, 0.6) is 0 Å². The van der Waals surface area contributed by atoms with Gasteiger partial charge in [-0.25, -0.2) is 0 Å². The highest BCUT2D eigenvalue weighted by Gasteiger charge is 2.19. The molecule has 0 spiro atoms. The van der Waals surface area contributed by atoms with E-state index in [-0.39, 0.29) is 18.6 Å². The van der Waals surface area contributed by atoms with E-state index < -0.39 is 0 Å². The molecule has 112 valence electrons. The summed E-state index contributed by atoms with van der Waals surface area (Å²) < 4.78 is 5.47. The number of carbonyl (C=O) groups is 1. The molecule has 1 unspecified atom stereocenters. The normalized spacial score (nSPS) is 17.1. The van der Waals surface area contributed by atoms with E-state index in [2.05, 4.69) is 17.2 Å². The van der Waals surface area contributed by atoms with Crippen LogP contribution in [-0.4, -0.2) is 30.3 Å². The molecule has 0 aromatic heterocycles. The van der Waals surface area contributed by atoms with Crippen molar-refractivity contribution in [3.8, 4) is 11.8 Å². The van der Waals surface area contributed by atoms with Gasteiger partial charge in [0.25, 0.3) is 0 Å². The van der Waals surface area contributed by atoms with Crippen molar-refractivity contribution in [3.05, 3.63) is 29.3 Å². The lowest BCUT2D eigenvalue weighted by atomic mass is 10.1. The molecule has 4 heteroatoms. The van der Waals surface area contributed by atoms with Crippen molar-refractivity contribution in [2.45, 2.75) is 38.7 Å². The second-order valence-electron chi connectivity index (χ2n) is 5.25. The van der Waals surface area contributed by atoms with Crippen molar-refractivity contribution in [3.63, 3.8) is 0 Å². The van der Waals surface area contributed by atoms with E-state index in [0.29, 0.717) is 12.8 Å². The second-order valence-corrected chi connectivity index (χ2v) is 5.25. The number of anilines is 1. The summed E-state index contributed by atoms with van der Waals surface area (Å²) in [5.74, 6) is 5.85. The van der Waals surface area contributed by atoms with Crippen LogP contribution in [0.1, 0.15) is 36.8 Å². The van der Waals surface area contributed by atoms with Gasteiger partial charge in [-0.3, -0.25) is 4.79 Å². The first-order valence-corrected chi connectivity index (χ1v) is 7.30. The molecule has 0 aliphatic carbocycles. The summed E-state index contributed by atoms with van der Waals surface area (Å²) in [7, 11) is 0. The van der Waals surface area contributed by atoms with Gasteiger partial charge in [-0.1, -0.05) is 11.8 Å². The fourth-order valence-corrected chi connectivity index (χ4v) is 2.37. The maximum absolute atomic E-state index is 12.0. The van der Waals surface area contributed by atoms with Crippen LogP contribution in [0.25, 0.3) is 0 Å². The van der Waals surface area contributed by atoms with Crippen molar-refractivity contribution in [1.82, 2.24) is 0 Å². The summed E-state index contributed by atoms with van der Waals surface area (Å²) in [5.41, 5.74) is 2.64. The standard InChI is InChI=1S/C17H21NO3/c1-13-9-14(5-2-3-7-19)11-15(10-13)18-17(20)12-16-6-4-8-21-16/h9-11,16,19H,3-4,6-8,12H2,1H3,(H,18,20). The number of hydrogen-bond acceptors (Lipinski definition) is 3. The average molecular weight is 287 g/mol. The lowest BCUT2D eigenvalue weighted by Gasteiger charge is -2.10. The van der Waals surface area contributed by atoms with Crippen LogP contribution in [0.3, 0.4) is 0 Å². The van der Waals surface area contributed by atoms with Crippen LogP contribution in [-0.2, 0) is 9.53 Å². The highest BCUT2D eigenvalue weighted by molar-refractivity contribution is 5.91. The Hall–Kier alpha value is -1.83. The number of aliphatic hydroxyl groups excluding tert-OH is 1. The number of nitrogens with one attached hydrogen (secondary N) is 1. The Morgan fingerprint density at radius 3 is 3.05 bits per heavy atom. The molecule has 2 N–H and O–H groups in total. The Morgan fingerprint density at radius 2 is 2.33 bits per heavy atom. The third kappa shape index (κ3) is 5.22. The van der Waals surface area contributed by atoms with Crippen LogP contribution in [0.4, 0.5) is 5.69 Å². The lowest BCUT2D eigenvalue weighted by molar-refractivity contribution is -0.118. The van der Waals surface area contributed by atoms with Gasteiger partial charge in [0.2, 0.25) is 5.91 Å². The minimum Gasteiger partial charge on any atom is -0.395 e. The number of carbonyl (C=O) groups excluding carboxylic acids is 1. The smallest absolute Gasteiger partial charge is 0.226 e. The lowest BCUT2D eigenvalue weighted by Crippen LogP contribution is -2.19. The van der Waals surface area contributed by atoms with Gasteiger partial charge >= 0.3 is 0 Å². The maximum Gasteiger partial charge on any atom is 0.226 e. The summed E-state index contributed by atoms with van der Waals surface area (Å²) in [6.07, 6.45) is 2.90. The molecule has 1 aliphatic heterocycles. The summed E-state index contributed by atoms with van der Waals surface area (Å²) in [6, 6.07) is 5.73. The topological polar surface area (TPSA) is 58.6 Å². The first-order valence-electron chi connectivity index (χ1n) is 7.30. The van der Waals surface area contributed by atoms with Crippen molar-refractivity contribution >= 4 is 11.6 Å². The Labute approximate surface area is 125 Å². The van der Waals surface area contributed by atoms with Crippen LogP contribution < -0.4 is 5.32 Å². The van der Waals surface area contributed by atoms with E-state index in [1.54, 1.807) is 0 Å². The summed E-state index contributed by atoms with van der Waals surface area (Å²) in [5, 5.41) is 11.6. The molecule has 21 heavy (non-hydrogen) atoms. The quantitative estimate of drug-likeness (QED) is 0.835. The van der Waals surface area contributed by atoms with E-state index >= 15 is 0 Å². The van der Waals surface area contributed by atoms with Crippen LogP contribution in [0, 0.1) is 18.8 Å². The number of rotatable bonds is 4. The molecule has 1 amide bonds. The zero-order chi connectivity index (χ0) is 15.1. The Kier molecular flexibility index (Phi) is 5.79. The van der Waals surface area contributed by atoms with Crippen molar-refractivity contribution < 1.29 is 14.6 Å². The average Bonchev–Trinajstić information content (AvgIpc) is 2.91. The van der Waals surface area contributed by atoms with Crippen LogP contribution in [0.2, 0.25) is 0 Å². The molecule has 1 heterocycles. The van der Waals surface area contributed by atoms with Gasteiger partial charge in [-0.05, 0) is 43.5 Å². The van der Waals surface area contributed by atoms with Gasteiger partial charge in [-0.15, -0.1) is 0 Å². The predicted octanol–water partition coefficient (Wildman–Crippen LogP) is 2.24. The molecule has 0 saturated carbocycles. The third-order valence-electron chi connectivity index (χ3n) is 3.27. The highest BCUT2D eigenvalue weighted by Crippen LogP contribution is 2.18. The molecule has 1 aromatic carbocycles. The fourth-order valence-electron chi connectivity index (χ4n) is 2.37. The summed E-state index contributed by atoms with van der Waals surface area (Å²) in [6.45, 7) is 2.78. The minimum atomic E-state index is -0.0261. The van der Waals surface area contributed by atoms with Crippen LogP contribution in [0.15, 0.2) is 18.2 Å². The first kappa shape index (κ1) is 15.6. The minimum absolute atomic E-state index is 0.0261. The molecule has 1 atom stereocenters. The molecule has 4 nitrogen and oxygen atoms in total. The number of amides is 1. The number of ether oxygens (including phenoxy) is 1. The number of benzene rings is 1. The van der Waals surface area contributed by atoms with E-state index in [4.69, 9.17) is 9.84 Å². The van der Waals surface area contributed by atoms with Crippen molar-refractivity contribution in [2.75, 3.05) is 18.5 Å². The van der Waals surface area contributed by atoms with Gasteiger partial charge in [0.05, 0.1) is 19.1 Å². The molecule has 0 bridgehead atoms. The van der Waals surface area contributed by atoms with Gasteiger partial charge in [-0.2, -0.15) is 0 Å². The molecule has 1 aromatic rings. The number of aliphatic hydroxyl groups is 1. The Bertz CT molecular complexity index is 551. The first-order chi connectivity index (χ1) is 10.2. The third-order valence-corrected chi connectivity index (χ3v) is 3.27. The van der Waals surface area contributed by atoms with Crippen molar-refractivity contribution in [1.29, 1.82) is 0 Å². The SMILES string of the molecule is Cc1cc(C#CCCO)cc(NC(=O)CC2CCCO2)c1. The summed E-state index contributed by atoms with van der Waals surface area (Å²) in [4.78, 5) is 12.0. The zero-order valence-electron chi connectivity index (χ0n) is 12.3. The highest BCUT2D eigenvalue weighted by atomic mass is 16.5. The molecule has 1 fully saturated rings. The van der Waals surface area contributed by atoms with Gasteiger partial charge in [0.15, 0.2) is 0 Å². The van der Waals surface area contributed by atoms with E-state index in [9.17, 15) is 4.79 Å². The Morgan fingerprint density at radius 1 is 1.48 bits per heavy atom. The molecular weight excluding hydrogens is 266 g/mol. The molecule has 1 saturated heterocycles. The zero-order valence-corrected chi connectivity index (χ0v) is 12.3. The Balaban J connectivity index is 1.98. The maximum atomic E-state index is 12.0. The molecular formula is C17H21NO3. The molecule has 2 rings (SSSR count). The molecule has 0 radical (unpaired) electrons. The van der Waals surface area contributed by atoms with Gasteiger partial charge in [0.1, 0.15) is 0 Å². The monoisotopic (exact) mass is 287 g/mol.